The zero-order chi connectivity index (χ0) is 16.5. The Morgan fingerprint density at radius 2 is 1.86 bits per heavy atom. The van der Waals surface area contributed by atoms with Gasteiger partial charge in [0.25, 0.3) is 5.91 Å². The molecule has 0 atom stereocenters. The van der Waals surface area contributed by atoms with Gasteiger partial charge >= 0.3 is 0 Å². The van der Waals surface area contributed by atoms with Crippen molar-refractivity contribution in [2.45, 2.75) is 26.3 Å². The van der Waals surface area contributed by atoms with Crippen LogP contribution in [0.4, 0.5) is 0 Å². The third kappa shape index (κ3) is 3.47. The summed E-state index contributed by atoms with van der Waals surface area (Å²) in [5, 5.41) is 3.87. The van der Waals surface area contributed by atoms with E-state index in [1.54, 1.807) is 7.05 Å². The predicted molar refractivity (Wildman–Crippen MR) is 87.8 cm³/mol. The van der Waals surface area contributed by atoms with Crippen LogP contribution in [0.2, 0.25) is 0 Å². The van der Waals surface area contributed by atoms with Gasteiger partial charge in [0.1, 0.15) is 5.69 Å². The summed E-state index contributed by atoms with van der Waals surface area (Å²) >= 11 is 0. The molecule has 0 aliphatic heterocycles. The van der Waals surface area contributed by atoms with Crippen molar-refractivity contribution in [2.75, 3.05) is 13.6 Å². The predicted octanol–water partition coefficient (Wildman–Crippen LogP) is 2.17. The largest absolute Gasteiger partial charge is 0.350 e. The molecule has 0 bridgehead atoms. The lowest BCUT2D eigenvalue weighted by Crippen LogP contribution is -2.46. The number of hydrogen-bond donors (Lipinski definition) is 1. The lowest BCUT2D eigenvalue weighted by molar-refractivity contribution is -0.122. The minimum absolute atomic E-state index is 0.0393. The number of fused-ring (bicyclic) bond motifs is 1. The molecule has 0 radical (unpaired) electrons. The minimum Gasteiger partial charge on any atom is -0.350 e. The summed E-state index contributed by atoms with van der Waals surface area (Å²) in [7, 11) is 3.50. The van der Waals surface area contributed by atoms with E-state index in [1.165, 1.54) is 4.90 Å². The molecule has 1 N–H and O–H groups in total. The van der Waals surface area contributed by atoms with Gasteiger partial charge in [-0.2, -0.15) is 0 Å². The fourth-order valence-corrected chi connectivity index (χ4v) is 2.43. The summed E-state index contributed by atoms with van der Waals surface area (Å²) in [6, 6.07) is 9.68. The van der Waals surface area contributed by atoms with Gasteiger partial charge in [0, 0.05) is 30.5 Å². The summed E-state index contributed by atoms with van der Waals surface area (Å²) in [4.78, 5) is 26.0. The third-order valence-electron chi connectivity index (χ3n) is 3.41. The lowest BCUT2D eigenvalue weighted by Gasteiger charge is -2.23. The van der Waals surface area contributed by atoms with E-state index in [9.17, 15) is 9.59 Å². The van der Waals surface area contributed by atoms with Gasteiger partial charge in [-0.3, -0.25) is 9.59 Å². The number of carbonyl (C=O) groups is 2. The van der Waals surface area contributed by atoms with Crippen LogP contribution in [0.1, 0.15) is 31.3 Å². The van der Waals surface area contributed by atoms with E-state index in [2.05, 4.69) is 5.32 Å². The highest BCUT2D eigenvalue weighted by molar-refractivity contribution is 6.00. The number of nitrogens with one attached hydrogen (secondary N) is 1. The van der Waals surface area contributed by atoms with Crippen molar-refractivity contribution in [2.24, 2.45) is 7.05 Å². The second-order valence-corrected chi connectivity index (χ2v) is 6.61. The molecule has 0 aliphatic rings. The van der Waals surface area contributed by atoms with Crippen molar-refractivity contribution in [1.29, 1.82) is 0 Å². The Morgan fingerprint density at radius 3 is 2.45 bits per heavy atom. The number of likely N-dealkylation sites (N-methyl/N-ethyl adjacent to an activating group) is 1. The summed E-state index contributed by atoms with van der Waals surface area (Å²) in [6.07, 6.45) is 0. The van der Waals surface area contributed by atoms with Crippen molar-refractivity contribution in [3.63, 3.8) is 0 Å². The monoisotopic (exact) mass is 301 g/mol. The van der Waals surface area contributed by atoms with Gasteiger partial charge in [0.05, 0.1) is 6.54 Å². The smallest absolute Gasteiger partial charge is 0.270 e. The minimum atomic E-state index is -0.305. The SMILES string of the molecule is CN(CC(=O)NC(C)(C)C)C(=O)c1cc2ccccc2n1C. The summed E-state index contributed by atoms with van der Waals surface area (Å²) in [6.45, 7) is 5.78. The van der Waals surface area contributed by atoms with E-state index in [-0.39, 0.29) is 23.9 Å². The molecule has 2 amide bonds. The molecule has 2 aromatic rings. The average Bonchev–Trinajstić information content (AvgIpc) is 2.73. The molecule has 5 nitrogen and oxygen atoms in total. The number of amides is 2. The van der Waals surface area contributed by atoms with Crippen molar-refractivity contribution >= 4 is 22.7 Å². The topological polar surface area (TPSA) is 54.3 Å². The molecule has 22 heavy (non-hydrogen) atoms. The molecule has 1 aromatic carbocycles. The van der Waals surface area contributed by atoms with E-state index >= 15 is 0 Å². The second-order valence-electron chi connectivity index (χ2n) is 6.61. The van der Waals surface area contributed by atoms with Crippen molar-refractivity contribution in [3.8, 4) is 0 Å². The molecule has 0 aliphatic carbocycles. The fraction of sp³-hybridized carbons (Fsp3) is 0.412. The quantitative estimate of drug-likeness (QED) is 0.944. The first-order valence-electron chi connectivity index (χ1n) is 7.30. The highest BCUT2D eigenvalue weighted by atomic mass is 16.2. The maximum absolute atomic E-state index is 12.6. The van der Waals surface area contributed by atoms with Crippen LogP contribution in [0, 0.1) is 0 Å². The first kappa shape index (κ1) is 16.1. The van der Waals surface area contributed by atoms with Gasteiger partial charge in [-0.25, -0.2) is 0 Å². The van der Waals surface area contributed by atoms with Crippen molar-refractivity contribution in [1.82, 2.24) is 14.8 Å². The van der Waals surface area contributed by atoms with E-state index < -0.39 is 0 Å². The Labute approximate surface area is 130 Å². The molecule has 2 rings (SSSR count). The van der Waals surface area contributed by atoms with Gasteiger partial charge in [-0.05, 0) is 32.9 Å². The highest BCUT2D eigenvalue weighted by Gasteiger charge is 2.21. The number of aryl methyl sites for hydroxylation is 1. The van der Waals surface area contributed by atoms with Crippen LogP contribution in [-0.2, 0) is 11.8 Å². The second kappa shape index (κ2) is 5.83. The van der Waals surface area contributed by atoms with Gasteiger partial charge in [-0.15, -0.1) is 0 Å². The maximum Gasteiger partial charge on any atom is 0.270 e. The zero-order valence-electron chi connectivity index (χ0n) is 13.8. The van der Waals surface area contributed by atoms with Crippen molar-refractivity contribution < 1.29 is 9.59 Å². The molecule has 0 fully saturated rings. The van der Waals surface area contributed by atoms with Crippen LogP contribution in [-0.4, -0.2) is 40.4 Å². The molecule has 5 heteroatoms. The van der Waals surface area contributed by atoms with Crippen LogP contribution >= 0.6 is 0 Å². The highest BCUT2D eigenvalue weighted by Crippen LogP contribution is 2.19. The Balaban J connectivity index is 2.16. The average molecular weight is 301 g/mol. The van der Waals surface area contributed by atoms with Gasteiger partial charge in [0.15, 0.2) is 0 Å². The summed E-state index contributed by atoms with van der Waals surface area (Å²) in [5.41, 5.74) is 1.27. The maximum atomic E-state index is 12.6. The number of para-hydroxylation sites is 1. The molecule has 0 spiro atoms. The number of aromatic nitrogens is 1. The van der Waals surface area contributed by atoms with Crippen LogP contribution in [0.5, 0.6) is 0 Å². The first-order valence-corrected chi connectivity index (χ1v) is 7.30. The van der Waals surface area contributed by atoms with Crippen molar-refractivity contribution in [3.05, 3.63) is 36.0 Å². The normalized spacial score (nSPS) is 11.5. The molecular weight excluding hydrogens is 278 g/mol. The van der Waals surface area contributed by atoms with Gasteiger partial charge in [0.2, 0.25) is 5.91 Å². The number of benzene rings is 1. The Kier molecular flexibility index (Phi) is 4.26. The molecule has 118 valence electrons. The van der Waals surface area contributed by atoms with E-state index in [0.717, 1.165) is 10.9 Å². The van der Waals surface area contributed by atoms with Crippen LogP contribution in [0.25, 0.3) is 10.9 Å². The standard InChI is InChI=1S/C17H23N3O2/c1-17(2,3)18-15(21)11-19(4)16(22)14-10-12-8-6-7-9-13(12)20(14)5/h6-10H,11H2,1-5H3,(H,18,21). The number of nitrogens with zero attached hydrogens (tertiary/aromatic N) is 2. The molecule has 1 heterocycles. The molecular formula is C17H23N3O2. The Hall–Kier alpha value is -2.30. The zero-order valence-corrected chi connectivity index (χ0v) is 13.8. The molecule has 0 unspecified atom stereocenters. The number of carbonyl (C=O) groups excluding carboxylic acids is 2. The van der Waals surface area contributed by atoms with E-state index in [1.807, 2.05) is 62.7 Å². The molecule has 0 saturated carbocycles. The third-order valence-corrected chi connectivity index (χ3v) is 3.41. The van der Waals surface area contributed by atoms with Crippen LogP contribution in [0.15, 0.2) is 30.3 Å². The van der Waals surface area contributed by atoms with Gasteiger partial charge in [-0.1, -0.05) is 18.2 Å². The molecule has 0 saturated heterocycles. The van der Waals surface area contributed by atoms with Gasteiger partial charge < -0.3 is 14.8 Å². The Morgan fingerprint density at radius 1 is 1.23 bits per heavy atom. The molecule has 1 aromatic heterocycles. The van der Waals surface area contributed by atoms with Crippen LogP contribution < -0.4 is 5.32 Å². The number of hydrogen-bond acceptors (Lipinski definition) is 2. The fourth-order valence-electron chi connectivity index (χ4n) is 2.43. The summed E-state index contributed by atoms with van der Waals surface area (Å²) < 4.78 is 1.86. The lowest BCUT2D eigenvalue weighted by atomic mass is 10.1. The van der Waals surface area contributed by atoms with E-state index in [4.69, 9.17) is 0 Å². The van der Waals surface area contributed by atoms with Crippen LogP contribution in [0.3, 0.4) is 0 Å². The number of rotatable bonds is 3. The first-order chi connectivity index (χ1) is 10.2. The van der Waals surface area contributed by atoms with E-state index in [0.29, 0.717) is 5.69 Å². The Bertz CT molecular complexity index is 710. The summed E-state index contributed by atoms with van der Waals surface area (Å²) in [5.74, 6) is -0.329.